The first-order valence-corrected chi connectivity index (χ1v) is 6.72. The lowest BCUT2D eigenvalue weighted by Gasteiger charge is -2.09. The van der Waals surface area contributed by atoms with Gasteiger partial charge in [-0.1, -0.05) is 0 Å². The molecule has 3 heteroatoms. The lowest BCUT2D eigenvalue weighted by atomic mass is 9.93. The van der Waals surface area contributed by atoms with E-state index >= 15 is 0 Å². The number of rotatable bonds is 0. The fourth-order valence-corrected chi connectivity index (χ4v) is 3.20. The second-order valence-electron chi connectivity index (χ2n) is 5.27. The van der Waals surface area contributed by atoms with Crippen molar-refractivity contribution in [3.63, 3.8) is 0 Å². The van der Waals surface area contributed by atoms with Crippen LogP contribution < -0.4 is 5.63 Å². The van der Waals surface area contributed by atoms with E-state index in [1.54, 1.807) is 6.07 Å². The fraction of sp³-hybridized carbons (Fsp3) is 0.312. The van der Waals surface area contributed by atoms with Crippen LogP contribution in [0.3, 0.4) is 0 Å². The molecule has 0 unspecified atom stereocenters. The van der Waals surface area contributed by atoms with E-state index in [1.807, 2.05) is 19.1 Å². The summed E-state index contributed by atoms with van der Waals surface area (Å²) in [5.41, 5.74) is 3.56. The van der Waals surface area contributed by atoms with Crippen molar-refractivity contribution in [2.45, 2.75) is 32.6 Å². The molecular weight excluding hydrogens is 240 g/mol. The molecule has 96 valence electrons. The van der Waals surface area contributed by atoms with Crippen molar-refractivity contribution in [1.82, 2.24) is 0 Å². The number of aryl methyl sites for hydroxylation is 3. The summed E-state index contributed by atoms with van der Waals surface area (Å²) in [6.07, 6.45) is 4.47. The third kappa shape index (κ3) is 1.47. The molecule has 4 rings (SSSR count). The van der Waals surface area contributed by atoms with Crippen molar-refractivity contribution < 1.29 is 8.83 Å². The zero-order valence-electron chi connectivity index (χ0n) is 10.8. The molecule has 0 radical (unpaired) electrons. The second-order valence-corrected chi connectivity index (χ2v) is 5.27. The Labute approximate surface area is 109 Å². The number of fused-ring (bicyclic) bond motifs is 5. The summed E-state index contributed by atoms with van der Waals surface area (Å²) in [4.78, 5) is 11.5. The lowest BCUT2D eigenvalue weighted by Crippen LogP contribution is -2.00. The van der Waals surface area contributed by atoms with Gasteiger partial charge in [0, 0.05) is 28.8 Å². The van der Waals surface area contributed by atoms with Gasteiger partial charge in [-0.2, -0.15) is 0 Å². The molecule has 3 aromatic rings. The highest BCUT2D eigenvalue weighted by atomic mass is 16.4. The van der Waals surface area contributed by atoms with Gasteiger partial charge in [0.2, 0.25) is 0 Å². The highest BCUT2D eigenvalue weighted by Gasteiger charge is 2.20. The third-order valence-corrected chi connectivity index (χ3v) is 4.02. The molecule has 3 nitrogen and oxygen atoms in total. The molecule has 0 fully saturated rings. The maximum atomic E-state index is 11.5. The molecule has 19 heavy (non-hydrogen) atoms. The number of hydrogen-bond donors (Lipinski definition) is 0. The molecule has 0 atom stereocenters. The molecule has 0 N–H and O–H groups in total. The molecule has 0 saturated carbocycles. The van der Waals surface area contributed by atoms with Crippen LogP contribution in [-0.2, 0) is 12.8 Å². The highest BCUT2D eigenvalue weighted by molar-refractivity contribution is 6.07. The molecule has 1 aromatic carbocycles. The van der Waals surface area contributed by atoms with Gasteiger partial charge in [-0.05, 0) is 43.9 Å². The first kappa shape index (κ1) is 10.9. The van der Waals surface area contributed by atoms with Crippen LogP contribution in [0.4, 0.5) is 0 Å². The zero-order chi connectivity index (χ0) is 13.0. The SMILES string of the molecule is Cc1cc(=O)oc2ccc3oc4c(c3c12)CCCC4. The Morgan fingerprint density at radius 2 is 1.74 bits per heavy atom. The summed E-state index contributed by atoms with van der Waals surface area (Å²) in [7, 11) is 0. The molecule has 0 amide bonds. The molecule has 0 aliphatic heterocycles. The van der Waals surface area contributed by atoms with Gasteiger partial charge in [0.05, 0.1) is 0 Å². The van der Waals surface area contributed by atoms with Gasteiger partial charge < -0.3 is 8.83 Å². The Bertz CT molecular complexity index is 852. The minimum atomic E-state index is -0.290. The summed E-state index contributed by atoms with van der Waals surface area (Å²) < 4.78 is 11.3. The van der Waals surface area contributed by atoms with Gasteiger partial charge in [-0.3, -0.25) is 0 Å². The average Bonchev–Trinajstić information content (AvgIpc) is 2.76. The summed E-state index contributed by atoms with van der Waals surface area (Å²) >= 11 is 0. The van der Waals surface area contributed by atoms with Gasteiger partial charge in [0.1, 0.15) is 16.9 Å². The third-order valence-electron chi connectivity index (χ3n) is 4.02. The Morgan fingerprint density at radius 1 is 1.00 bits per heavy atom. The van der Waals surface area contributed by atoms with E-state index in [0.717, 1.165) is 40.5 Å². The topological polar surface area (TPSA) is 43.4 Å². The minimum Gasteiger partial charge on any atom is -0.461 e. The van der Waals surface area contributed by atoms with E-state index in [2.05, 4.69) is 0 Å². The van der Waals surface area contributed by atoms with Crippen molar-refractivity contribution in [1.29, 1.82) is 0 Å². The number of hydrogen-bond acceptors (Lipinski definition) is 3. The average molecular weight is 254 g/mol. The predicted octanol–water partition coefficient (Wildman–Crippen LogP) is 3.73. The van der Waals surface area contributed by atoms with Crippen LogP contribution in [0.25, 0.3) is 21.9 Å². The molecule has 1 aliphatic carbocycles. The smallest absolute Gasteiger partial charge is 0.336 e. The summed E-state index contributed by atoms with van der Waals surface area (Å²) in [5, 5.41) is 2.18. The van der Waals surface area contributed by atoms with Gasteiger partial charge in [-0.25, -0.2) is 4.79 Å². The van der Waals surface area contributed by atoms with Gasteiger partial charge in [0.15, 0.2) is 0 Å². The molecule has 0 spiro atoms. The van der Waals surface area contributed by atoms with Crippen LogP contribution in [0.1, 0.15) is 29.7 Å². The summed E-state index contributed by atoms with van der Waals surface area (Å²) in [6, 6.07) is 5.31. The van der Waals surface area contributed by atoms with E-state index in [1.165, 1.54) is 18.4 Å². The Kier molecular flexibility index (Phi) is 2.13. The monoisotopic (exact) mass is 254 g/mol. The predicted molar refractivity (Wildman–Crippen MR) is 73.6 cm³/mol. The molecule has 1 aliphatic rings. The van der Waals surface area contributed by atoms with Crippen molar-refractivity contribution in [2.24, 2.45) is 0 Å². The molecule has 2 aromatic heterocycles. The molecule has 0 saturated heterocycles. The van der Waals surface area contributed by atoms with Crippen molar-refractivity contribution in [3.05, 3.63) is 45.5 Å². The van der Waals surface area contributed by atoms with E-state index in [9.17, 15) is 4.79 Å². The van der Waals surface area contributed by atoms with Crippen LogP contribution in [0, 0.1) is 6.92 Å². The second kappa shape index (κ2) is 3.73. The molecule has 2 heterocycles. The maximum absolute atomic E-state index is 11.5. The minimum absolute atomic E-state index is 0.290. The first-order chi connectivity index (χ1) is 9.24. The van der Waals surface area contributed by atoms with Gasteiger partial charge >= 0.3 is 5.63 Å². The largest absolute Gasteiger partial charge is 0.461 e. The Hall–Kier alpha value is -2.03. The van der Waals surface area contributed by atoms with Crippen molar-refractivity contribution in [2.75, 3.05) is 0 Å². The van der Waals surface area contributed by atoms with Crippen LogP contribution in [0.2, 0.25) is 0 Å². The van der Waals surface area contributed by atoms with Crippen LogP contribution in [-0.4, -0.2) is 0 Å². The first-order valence-electron chi connectivity index (χ1n) is 6.72. The Balaban J connectivity index is 2.24. The summed E-state index contributed by atoms with van der Waals surface area (Å²) in [5.74, 6) is 1.11. The van der Waals surface area contributed by atoms with E-state index in [4.69, 9.17) is 8.83 Å². The van der Waals surface area contributed by atoms with E-state index in [-0.39, 0.29) is 5.63 Å². The molecular formula is C16H14O3. The van der Waals surface area contributed by atoms with Gasteiger partial charge in [0.25, 0.3) is 0 Å². The molecule has 0 bridgehead atoms. The highest BCUT2D eigenvalue weighted by Crippen LogP contribution is 2.37. The van der Waals surface area contributed by atoms with Gasteiger partial charge in [-0.15, -0.1) is 0 Å². The fourth-order valence-electron chi connectivity index (χ4n) is 3.20. The van der Waals surface area contributed by atoms with Crippen molar-refractivity contribution >= 4 is 21.9 Å². The number of furan rings is 1. The van der Waals surface area contributed by atoms with Crippen molar-refractivity contribution in [3.8, 4) is 0 Å². The van der Waals surface area contributed by atoms with Crippen LogP contribution in [0.5, 0.6) is 0 Å². The standard InChI is InChI=1S/C16H14O3/c1-9-8-14(17)19-12-6-7-13-16(15(9)12)10-4-2-3-5-11(10)18-13/h6-8H,2-5H2,1H3. The summed E-state index contributed by atoms with van der Waals surface area (Å²) in [6.45, 7) is 1.96. The number of benzene rings is 1. The lowest BCUT2D eigenvalue weighted by molar-refractivity contribution is 0.506. The normalized spacial score (nSPS) is 15.0. The quantitative estimate of drug-likeness (QED) is 0.574. The Morgan fingerprint density at radius 3 is 2.58 bits per heavy atom. The van der Waals surface area contributed by atoms with E-state index < -0.39 is 0 Å². The van der Waals surface area contributed by atoms with Crippen LogP contribution in [0.15, 0.2) is 31.8 Å². The zero-order valence-corrected chi connectivity index (χ0v) is 10.8. The van der Waals surface area contributed by atoms with Crippen LogP contribution >= 0.6 is 0 Å². The van der Waals surface area contributed by atoms with E-state index in [0.29, 0.717) is 5.58 Å². The maximum Gasteiger partial charge on any atom is 0.336 e.